The van der Waals surface area contributed by atoms with Crippen LogP contribution in [0.25, 0.3) is 17.3 Å². The number of halogens is 1. The highest BCUT2D eigenvalue weighted by Gasteiger charge is 2.27. The Morgan fingerprint density at radius 2 is 2.26 bits per heavy atom. The van der Waals surface area contributed by atoms with Gasteiger partial charge in [-0.05, 0) is 37.5 Å². The lowest BCUT2D eigenvalue weighted by atomic mass is 10.2. The number of hydrogen-bond acceptors (Lipinski definition) is 5. The monoisotopic (exact) mass is 374 g/mol. The minimum Gasteiger partial charge on any atom is -0.377 e. The largest absolute Gasteiger partial charge is 0.377 e. The van der Waals surface area contributed by atoms with Gasteiger partial charge in [-0.1, -0.05) is 27.2 Å². The summed E-state index contributed by atoms with van der Waals surface area (Å²) in [7, 11) is 1.61. The number of hydrogen-bond donors (Lipinski definition) is 0. The summed E-state index contributed by atoms with van der Waals surface area (Å²) in [5, 5.41) is 8.68. The zero-order chi connectivity index (χ0) is 15.8. The Hall–Kier alpha value is -1.99. The predicted molar refractivity (Wildman–Crippen MR) is 87.3 cm³/mol. The summed E-state index contributed by atoms with van der Waals surface area (Å²) in [6.45, 7) is 0.331. The Morgan fingerprint density at radius 3 is 3.09 bits per heavy atom. The maximum atomic E-state index is 5.38. The zero-order valence-corrected chi connectivity index (χ0v) is 14.2. The molecule has 0 unspecified atom stereocenters. The second-order valence-electron chi connectivity index (χ2n) is 5.47. The first-order valence-electron chi connectivity index (χ1n) is 7.45. The van der Waals surface area contributed by atoms with Crippen LogP contribution < -0.4 is 0 Å². The molecule has 0 spiro atoms. The standard InChI is InChI=1S/C16H15BrN4O2/c1-22-9-14-18-16(23-20-14)15-12-6-3-7-13(12)21(19-15)11-5-2-4-10(17)8-11/h2,4-5,8H,3,6-7,9H2,1H3. The summed E-state index contributed by atoms with van der Waals surface area (Å²) in [6.07, 6.45) is 3.11. The fourth-order valence-corrected chi connectivity index (χ4v) is 3.36. The summed E-state index contributed by atoms with van der Waals surface area (Å²) in [5.74, 6) is 0.996. The first-order chi connectivity index (χ1) is 11.3. The lowest BCUT2D eigenvalue weighted by Crippen LogP contribution is -2.01. The van der Waals surface area contributed by atoms with E-state index in [0.29, 0.717) is 18.3 Å². The fourth-order valence-electron chi connectivity index (χ4n) is 2.97. The van der Waals surface area contributed by atoms with E-state index in [1.165, 1.54) is 11.3 Å². The first kappa shape index (κ1) is 14.6. The molecule has 0 N–H and O–H groups in total. The van der Waals surface area contributed by atoms with E-state index in [9.17, 15) is 0 Å². The maximum Gasteiger partial charge on any atom is 0.278 e. The molecule has 0 bridgehead atoms. The van der Waals surface area contributed by atoms with Gasteiger partial charge in [-0.15, -0.1) is 0 Å². The van der Waals surface area contributed by atoms with Gasteiger partial charge in [0.2, 0.25) is 0 Å². The smallest absolute Gasteiger partial charge is 0.278 e. The van der Waals surface area contributed by atoms with Gasteiger partial charge in [0.25, 0.3) is 5.89 Å². The summed E-state index contributed by atoms with van der Waals surface area (Å²) in [4.78, 5) is 4.38. The molecule has 1 aliphatic rings. The molecule has 1 aliphatic carbocycles. The van der Waals surface area contributed by atoms with Gasteiger partial charge in [0.1, 0.15) is 6.61 Å². The topological polar surface area (TPSA) is 66.0 Å². The molecule has 0 saturated heterocycles. The van der Waals surface area contributed by atoms with E-state index < -0.39 is 0 Å². The third kappa shape index (κ3) is 2.60. The van der Waals surface area contributed by atoms with Crippen molar-refractivity contribution in [2.75, 3.05) is 7.11 Å². The number of methoxy groups -OCH3 is 1. The zero-order valence-electron chi connectivity index (χ0n) is 12.6. The van der Waals surface area contributed by atoms with Crippen molar-refractivity contribution in [3.8, 4) is 17.3 Å². The van der Waals surface area contributed by atoms with E-state index >= 15 is 0 Å². The van der Waals surface area contributed by atoms with Crippen molar-refractivity contribution in [2.24, 2.45) is 0 Å². The minimum atomic E-state index is 0.331. The molecule has 0 saturated carbocycles. The van der Waals surface area contributed by atoms with Crippen molar-refractivity contribution in [3.05, 3.63) is 45.8 Å². The lowest BCUT2D eigenvalue weighted by Gasteiger charge is -2.05. The third-order valence-electron chi connectivity index (χ3n) is 3.93. The van der Waals surface area contributed by atoms with Crippen LogP contribution >= 0.6 is 15.9 Å². The fraction of sp³-hybridized carbons (Fsp3) is 0.312. The Bertz CT molecular complexity index is 856. The highest BCUT2D eigenvalue weighted by atomic mass is 79.9. The van der Waals surface area contributed by atoms with Crippen LogP contribution in [0.5, 0.6) is 0 Å². The highest BCUT2D eigenvalue weighted by molar-refractivity contribution is 9.10. The van der Waals surface area contributed by atoms with Crippen LogP contribution in [0.15, 0.2) is 33.3 Å². The lowest BCUT2D eigenvalue weighted by molar-refractivity contribution is 0.174. The van der Waals surface area contributed by atoms with Crippen LogP contribution in [-0.2, 0) is 24.2 Å². The molecule has 7 heteroatoms. The Balaban J connectivity index is 1.81. The normalized spacial score (nSPS) is 13.5. The van der Waals surface area contributed by atoms with Gasteiger partial charge in [-0.2, -0.15) is 10.1 Å². The molecule has 0 radical (unpaired) electrons. The average Bonchev–Trinajstić information content (AvgIpc) is 3.23. The SMILES string of the molecule is COCc1noc(-c2nn(-c3cccc(Br)c3)c3c2CCC3)n1. The van der Waals surface area contributed by atoms with Crippen LogP contribution in [0.1, 0.15) is 23.5 Å². The van der Waals surface area contributed by atoms with Gasteiger partial charge >= 0.3 is 0 Å². The molecule has 118 valence electrons. The molecule has 0 aliphatic heterocycles. The van der Waals surface area contributed by atoms with Crippen molar-refractivity contribution >= 4 is 15.9 Å². The van der Waals surface area contributed by atoms with Crippen molar-refractivity contribution in [3.63, 3.8) is 0 Å². The number of fused-ring (bicyclic) bond motifs is 1. The minimum absolute atomic E-state index is 0.331. The number of aromatic nitrogens is 4. The van der Waals surface area contributed by atoms with E-state index in [2.05, 4.69) is 32.1 Å². The Morgan fingerprint density at radius 1 is 1.35 bits per heavy atom. The molecule has 0 atom stereocenters. The predicted octanol–water partition coefficient (Wildman–Crippen LogP) is 3.32. The van der Waals surface area contributed by atoms with Crippen molar-refractivity contribution < 1.29 is 9.26 Å². The van der Waals surface area contributed by atoms with E-state index in [4.69, 9.17) is 14.4 Å². The van der Waals surface area contributed by atoms with Crippen LogP contribution in [-0.4, -0.2) is 27.0 Å². The summed E-state index contributed by atoms with van der Waals surface area (Å²) in [6, 6.07) is 8.11. The van der Waals surface area contributed by atoms with Gasteiger partial charge < -0.3 is 9.26 Å². The van der Waals surface area contributed by atoms with E-state index in [-0.39, 0.29) is 0 Å². The van der Waals surface area contributed by atoms with Gasteiger partial charge in [0.05, 0.1) is 5.69 Å². The van der Waals surface area contributed by atoms with Crippen molar-refractivity contribution in [1.82, 2.24) is 19.9 Å². The second kappa shape index (κ2) is 5.90. The second-order valence-corrected chi connectivity index (χ2v) is 6.38. The van der Waals surface area contributed by atoms with Gasteiger partial charge in [0.15, 0.2) is 11.5 Å². The molecule has 2 heterocycles. The van der Waals surface area contributed by atoms with Crippen LogP contribution in [0, 0.1) is 0 Å². The molecule has 4 rings (SSSR count). The molecular formula is C16H15BrN4O2. The number of ether oxygens (including phenoxy) is 1. The Kier molecular flexibility index (Phi) is 3.74. The summed E-state index contributed by atoms with van der Waals surface area (Å²) < 4.78 is 13.4. The number of nitrogens with zero attached hydrogens (tertiary/aromatic N) is 4. The summed E-state index contributed by atoms with van der Waals surface area (Å²) in [5.41, 5.74) is 4.25. The quantitative estimate of drug-likeness (QED) is 0.700. The summed E-state index contributed by atoms with van der Waals surface area (Å²) >= 11 is 3.52. The molecule has 23 heavy (non-hydrogen) atoms. The van der Waals surface area contributed by atoms with Gasteiger partial charge in [-0.25, -0.2) is 4.68 Å². The number of benzene rings is 1. The maximum absolute atomic E-state index is 5.38. The number of rotatable bonds is 4. The van der Waals surface area contributed by atoms with Gasteiger partial charge in [0, 0.05) is 22.8 Å². The molecule has 2 aromatic heterocycles. The highest BCUT2D eigenvalue weighted by Crippen LogP contribution is 2.33. The van der Waals surface area contributed by atoms with Crippen LogP contribution in [0.3, 0.4) is 0 Å². The Labute approximate surface area is 141 Å². The van der Waals surface area contributed by atoms with E-state index in [0.717, 1.165) is 35.1 Å². The van der Waals surface area contributed by atoms with Crippen LogP contribution in [0.2, 0.25) is 0 Å². The van der Waals surface area contributed by atoms with Crippen molar-refractivity contribution in [1.29, 1.82) is 0 Å². The molecule has 1 aromatic carbocycles. The van der Waals surface area contributed by atoms with Crippen LogP contribution in [0.4, 0.5) is 0 Å². The average molecular weight is 375 g/mol. The third-order valence-corrected chi connectivity index (χ3v) is 4.42. The van der Waals surface area contributed by atoms with Crippen molar-refractivity contribution in [2.45, 2.75) is 25.9 Å². The van der Waals surface area contributed by atoms with E-state index in [1.807, 2.05) is 22.9 Å². The van der Waals surface area contributed by atoms with Gasteiger partial charge in [-0.3, -0.25) is 0 Å². The molecule has 0 fully saturated rings. The van der Waals surface area contributed by atoms with E-state index in [1.54, 1.807) is 7.11 Å². The molecule has 0 amide bonds. The molecule has 3 aromatic rings. The molecular weight excluding hydrogens is 360 g/mol. The first-order valence-corrected chi connectivity index (χ1v) is 8.24. The molecule has 6 nitrogen and oxygen atoms in total.